The van der Waals surface area contributed by atoms with Crippen LogP contribution in [0.2, 0.25) is 0 Å². The van der Waals surface area contributed by atoms with Crippen LogP contribution in [-0.2, 0) is 9.59 Å². The zero-order chi connectivity index (χ0) is 11.4. The first kappa shape index (κ1) is 12.9. The lowest BCUT2D eigenvalue weighted by Gasteiger charge is -2.34. The van der Waals surface area contributed by atoms with Crippen LogP contribution in [0.5, 0.6) is 0 Å². The maximum Gasteiger partial charge on any atom is 0.317 e. The summed E-state index contributed by atoms with van der Waals surface area (Å²) in [7, 11) is 0. The smallest absolute Gasteiger partial charge is 0.317 e. The Morgan fingerprint density at radius 3 is 1.71 bits per heavy atom. The maximum atomic E-state index is 10.4. The summed E-state index contributed by atoms with van der Waals surface area (Å²) in [4.78, 5) is 22.1. The third-order valence-electron chi connectivity index (χ3n) is 1.90. The van der Waals surface area contributed by atoms with Crippen molar-refractivity contribution >= 4 is 11.9 Å². The summed E-state index contributed by atoms with van der Waals surface area (Å²) in [5.74, 6) is -2.24. The second-order valence-corrected chi connectivity index (χ2v) is 3.61. The molecule has 0 spiro atoms. The van der Waals surface area contributed by atoms with Gasteiger partial charge in [0, 0.05) is 5.54 Å². The third kappa shape index (κ3) is 4.20. The molecule has 0 heterocycles. The first-order valence-corrected chi connectivity index (χ1v) is 4.09. The highest BCUT2D eigenvalue weighted by molar-refractivity contribution is 5.72. The number of carboxylic acids is 2. The molecule has 0 fully saturated rings. The number of carboxylic acid groups (broad SMARTS) is 2. The molecule has 0 saturated carbocycles. The molecule has 6 heteroatoms. The number of aliphatic hydroxyl groups excluding tert-OH is 1. The predicted molar refractivity (Wildman–Crippen MR) is 48.0 cm³/mol. The Bertz CT molecular complexity index is 210. The highest BCUT2D eigenvalue weighted by Crippen LogP contribution is 2.12. The molecule has 0 aromatic rings. The molecule has 0 atom stereocenters. The van der Waals surface area contributed by atoms with Gasteiger partial charge in [0.2, 0.25) is 0 Å². The van der Waals surface area contributed by atoms with Crippen LogP contribution >= 0.6 is 0 Å². The summed E-state index contributed by atoms with van der Waals surface area (Å²) in [5.41, 5.74) is -0.850. The van der Waals surface area contributed by atoms with Crippen LogP contribution < -0.4 is 0 Å². The molecule has 0 aromatic carbocycles. The molecular weight excluding hydrogens is 190 g/mol. The van der Waals surface area contributed by atoms with Gasteiger partial charge in [0.15, 0.2) is 0 Å². The van der Waals surface area contributed by atoms with Crippen LogP contribution in [-0.4, -0.2) is 57.4 Å². The van der Waals surface area contributed by atoms with Gasteiger partial charge in [0.25, 0.3) is 0 Å². The van der Waals surface area contributed by atoms with Gasteiger partial charge in [-0.1, -0.05) is 0 Å². The lowest BCUT2D eigenvalue weighted by Crippen LogP contribution is -2.51. The van der Waals surface area contributed by atoms with Gasteiger partial charge >= 0.3 is 11.9 Å². The van der Waals surface area contributed by atoms with E-state index < -0.39 is 30.6 Å². The van der Waals surface area contributed by atoms with E-state index in [1.54, 1.807) is 13.8 Å². The summed E-state index contributed by atoms with van der Waals surface area (Å²) in [5, 5.41) is 26.0. The molecule has 14 heavy (non-hydrogen) atoms. The minimum atomic E-state index is -1.12. The minimum absolute atomic E-state index is 0.298. The summed E-state index contributed by atoms with van der Waals surface area (Å²) < 4.78 is 0. The summed E-state index contributed by atoms with van der Waals surface area (Å²) in [6.07, 6.45) is 0. The van der Waals surface area contributed by atoms with Crippen molar-refractivity contribution in [2.75, 3.05) is 19.7 Å². The van der Waals surface area contributed by atoms with Crippen molar-refractivity contribution < 1.29 is 24.9 Å². The van der Waals surface area contributed by atoms with Crippen molar-refractivity contribution in [3.63, 3.8) is 0 Å². The maximum absolute atomic E-state index is 10.4. The van der Waals surface area contributed by atoms with E-state index in [1.165, 1.54) is 4.90 Å². The fraction of sp³-hybridized carbons (Fsp3) is 0.750. The van der Waals surface area contributed by atoms with E-state index in [0.717, 1.165) is 0 Å². The third-order valence-corrected chi connectivity index (χ3v) is 1.90. The molecule has 6 nitrogen and oxygen atoms in total. The standard InChI is InChI=1S/C8H15NO5/c1-8(2,5-10)9(3-6(11)12)4-7(13)14/h10H,3-5H2,1-2H3,(H,11,12)(H,13,14). The zero-order valence-corrected chi connectivity index (χ0v) is 8.23. The molecule has 82 valence electrons. The van der Waals surface area contributed by atoms with E-state index in [1.807, 2.05) is 0 Å². The lowest BCUT2D eigenvalue weighted by molar-refractivity contribution is -0.145. The van der Waals surface area contributed by atoms with E-state index in [9.17, 15) is 9.59 Å². The van der Waals surface area contributed by atoms with E-state index in [0.29, 0.717) is 0 Å². The number of rotatable bonds is 6. The lowest BCUT2D eigenvalue weighted by atomic mass is 10.0. The van der Waals surface area contributed by atoms with Crippen LogP contribution in [0, 0.1) is 0 Å². The Hall–Kier alpha value is -1.14. The minimum Gasteiger partial charge on any atom is -0.480 e. The number of aliphatic carboxylic acids is 2. The van der Waals surface area contributed by atoms with E-state index in [-0.39, 0.29) is 6.61 Å². The fourth-order valence-corrected chi connectivity index (χ4v) is 0.910. The number of carbonyl (C=O) groups is 2. The second-order valence-electron chi connectivity index (χ2n) is 3.61. The van der Waals surface area contributed by atoms with E-state index >= 15 is 0 Å². The molecule has 0 rings (SSSR count). The molecule has 0 radical (unpaired) electrons. The molecule has 0 aromatic heterocycles. The van der Waals surface area contributed by atoms with Crippen molar-refractivity contribution in [3.05, 3.63) is 0 Å². The summed E-state index contributed by atoms with van der Waals surface area (Å²) in [6, 6.07) is 0. The van der Waals surface area contributed by atoms with Gasteiger partial charge in [-0.15, -0.1) is 0 Å². The van der Waals surface area contributed by atoms with Gasteiger partial charge in [-0.2, -0.15) is 0 Å². The monoisotopic (exact) mass is 205 g/mol. The number of hydrogen-bond acceptors (Lipinski definition) is 4. The number of nitrogens with zero attached hydrogens (tertiary/aromatic N) is 1. The Kier molecular flexibility index (Phi) is 4.52. The average molecular weight is 205 g/mol. The van der Waals surface area contributed by atoms with Gasteiger partial charge in [0.1, 0.15) is 0 Å². The first-order chi connectivity index (χ1) is 6.29. The highest BCUT2D eigenvalue weighted by atomic mass is 16.4. The molecule has 0 bridgehead atoms. The highest BCUT2D eigenvalue weighted by Gasteiger charge is 2.29. The second kappa shape index (κ2) is 4.92. The molecule has 3 N–H and O–H groups in total. The van der Waals surface area contributed by atoms with Crippen LogP contribution in [0.15, 0.2) is 0 Å². The predicted octanol–water partition coefficient (Wildman–Crippen LogP) is -0.771. The SMILES string of the molecule is CC(C)(CO)N(CC(=O)O)CC(=O)O. The normalized spacial score (nSPS) is 11.7. The van der Waals surface area contributed by atoms with Crippen LogP contribution in [0.1, 0.15) is 13.8 Å². The van der Waals surface area contributed by atoms with Crippen molar-refractivity contribution in [1.29, 1.82) is 0 Å². The largest absolute Gasteiger partial charge is 0.480 e. The Labute approximate surface area is 81.8 Å². The molecule has 0 aliphatic rings. The Morgan fingerprint density at radius 1 is 1.14 bits per heavy atom. The summed E-state index contributed by atoms with van der Waals surface area (Å²) >= 11 is 0. The van der Waals surface area contributed by atoms with Crippen molar-refractivity contribution in [3.8, 4) is 0 Å². The van der Waals surface area contributed by atoms with Crippen molar-refractivity contribution in [2.24, 2.45) is 0 Å². The first-order valence-electron chi connectivity index (χ1n) is 4.09. The Morgan fingerprint density at radius 2 is 1.50 bits per heavy atom. The van der Waals surface area contributed by atoms with Gasteiger partial charge in [-0.3, -0.25) is 14.5 Å². The fourth-order valence-electron chi connectivity index (χ4n) is 0.910. The molecule has 0 saturated heterocycles. The molecule has 0 aliphatic carbocycles. The van der Waals surface area contributed by atoms with E-state index in [2.05, 4.69) is 0 Å². The van der Waals surface area contributed by atoms with Gasteiger partial charge in [0.05, 0.1) is 19.7 Å². The van der Waals surface area contributed by atoms with Crippen molar-refractivity contribution in [1.82, 2.24) is 4.90 Å². The van der Waals surface area contributed by atoms with Crippen LogP contribution in [0.4, 0.5) is 0 Å². The quantitative estimate of drug-likeness (QED) is 0.526. The molecule has 0 unspecified atom stereocenters. The van der Waals surface area contributed by atoms with Gasteiger partial charge in [-0.05, 0) is 13.8 Å². The topological polar surface area (TPSA) is 98.1 Å². The van der Waals surface area contributed by atoms with Gasteiger partial charge < -0.3 is 15.3 Å². The molecule has 0 aliphatic heterocycles. The Balaban J connectivity index is 4.53. The van der Waals surface area contributed by atoms with Crippen LogP contribution in [0.3, 0.4) is 0 Å². The molecular formula is C8H15NO5. The average Bonchev–Trinajstić information content (AvgIpc) is 2.01. The van der Waals surface area contributed by atoms with Crippen molar-refractivity contribution in [2.45, 2.75) is 19.4 Å². The zero-order valence-electron chi connectivity index (χ0n) is 8.23. The number of hydrogen-bond donors (Lipinski definition) is 3. The summed E-state index contributed by atoms with van der Waals surface area (Å²) in [6.45, 7) is 2.06. The van der Waals surface area contributed by atoms with E-state index in [4.69, 9.17) is 15.3 Å². The number of aliphatic hydroxyl groups is 1. The molecule has 0 amide bonds. The van der Waals surface area contributed by atoms with Crippen LogP contribution in [0.25, 0.3) is 0 Å². The van der Waals surface area contributed by atoms with Gasteiger partial charge in [-0.25, -0.2) is 0 Å².